The lowest BCUT2D eigenvalue weighted by molar-refractivity contribution is -0.126. The second-order valence-corrected chi connectivity index (χ2v) is 5.71. The van der Waals surface area contributed by atoms with E-state index in [4.69, 9.17) is 6.42 Å². The van der Waals surface area contributed by atoms with Gasteiger partial charge in [-0.25, -0.2) is 0 Å². The summed E-state index contributed by atoms with van der Waals surface area (Å²) in [6, 6.07) is 10.5. The summed E-state index contributed by atoms with van der Waals surface area (Å²) in [5, 5.41) is 2.76. The minimum atomic E-state index is -0.107. The van der Waals surface area contributed by atoms with Gasteiger partial charge in [0.2, 0.25) is 5.91 Å². The number of hydrogen-bond donors (Lipinski definition) is 1. The summed E-state index contributed by atoms with van der Waals surface area (Å²) < 4.78 is 0. The smallest absolute Gasteiger partial charge is 0.237 e. The third-order valence-electron chi connectivity index (χ3n) is 4.26. The summed E-state index contributed by atoms with van der Waals surface area (Å²) in [6.07, 6.45) is 6.25. The first kappa shape index (κ1) is 16.5. The quantitative estimate of drug-likeness (QED) is 0.796. The molecule has 4 nitrogen and oxygen atoms in total. The predicted molar refractivity (Wildman–Crippen MR) is 89.5 cm³/mol. The highest BCUT2D eigenvalue weighted by molar-refractivity contribution is 5.81. The van der Waals surface area contributed by atoms with E-state index in [-0.39, 0.29) is 11.9 Å². The lowest BCUT2D eigenvalue weighted by Crippen LogP contribution is -2.54. The third kappa shape index (κ3) is 4.87. The molecule has 0 saturated carbocycles. The van der Waals surface area contributed by atoms with Gasteiger partial charge in [0.25, 0.3) is 0 Å². The van der Waals surface area contributed by atoms with Crippen LogP contribution in [0.25, 0.3) is 0 Å². The molecule has 0 bridgehead atoms. The zero-order valence-corrected chi connectivity index (χ0v) is 13.3. The van der Waals surface area contributed by atoms with E-state index in [1.54, 1.807) is 0 Å². The number of rotatable bonds is 6. The molecule has 2 rings (SSSR count). The van der Waals surface area contributed by atoms with Crippen LogP contribution >= 0.6 is 0 Å². The first-order valence-corrected chi connectivity index (χ1v) is 7.92. The maximum atomic E-state index is 11.9. The minimum Gasteiger partial charge on any atom is -0.344 e. The second-order valence-electron chi connectivity index (χ2n) is 5.71. The highest BCUT2D eigenvalue weighted by Gasteiger charge is 2.24. The SMILES string of the molecule is C#CCNC(=O)C(C)N1CCN(CCc2ccccc2)CC1. The molecule has 1 aromatic rings. The maximum Gasteiger partial charge on any atom is 0.237 e. The van der Waals surface area contributed by atoms with Crippen LogP contribution < -0.4 is 5.32 Å². The Hall–Kier alpha value is -1.83. The molecule has 1 aliphatic heterocycles. The fraction of sp³-hybridized carbons (Fsp3) is 0.500. The molecule has 22 heavy (non-hydrogen) atoms. The molecular weight excluding hydrogens is 274 g/mol. The molecule has 1 heterocycles. The number of terminal acetylenes is 1. The average molecular weight is 299 g/mol. The van der Waals surface area contributed by atoms with Crippen molar-refractivity contribution in [2.75, 3.05) is 39.3 Å². The van der Waals surface area contributed by atoms with Crippen LogP contribution in [0, 0.1) is 12.3 Å². The van der Waals surface area contributed by atoms with Gasteiger partial charge in [0.05, 0.1) is 12.6 Å². The van der Waals surface area contributed by atoms with E-state index >= 15 is 0 Å². The molecule has 0 aliphatic carbocycles. The largest absolute Gasteiger partial charge is 0.344 e. The third-order valence-corrected chi connectivity index (χ3v) is 4.26. The number of piperazine rings is 1. The van der Waals surface area contributed by atoms with Crippen molar-refractivity contribution < 1.29 is 4.79 Å². The van der Waals surface area contributed by atoms with Crippen LogP contribution in [-0.2, 0) is 11.2 Å². The Morgan fingerprint density at radius 3 is 2.59 bits per heavy atom. The zero-order valence-electron chi connectivity index (χ0n) is 13.3. The van der Waals surface area contributed by atoms with Gasteiger partial charge in [-0.1, -0.05) is 36.3 Å². The first-order valence-electron chi connectivity index (χ1n) is 7.92. The number of hydrogen-bond acceptors (Lipinski definition) is 3. The Balaban J connectivity index is 1.71. The van der Waals surface area contributed by atoms with Crippen molar-refractivity contribution in [1.82, 2.24) is 15.1 Å². The van der Waals surface area contributed by atoms with Crippen LogP contribution in [0.2, 0.25) is 0 Å². The van der Waals surface area contributed by atoms with Gasteiger partial charge in [0, 0.05) is 32.7 Å². The van der Waals surface area contributed by atoms with Crippen LogP contribution in [0.5, 0.6) is 0 Å². The molecule has 1 amide bonds. The van der Waals surface area contributed by atoms with Gasteiger partial charge in [0.15, 0.2) is 0 Å². The molecule has 1 fully saturated rings. The fourth-order valence-electron chi connectivity index (χ4n) is 2.76. The number of carbonyl (C=O) groups is 1. The van der Waals surface area contributed by atoms with Gasteiger partial charge < -0.3 is 10.2 Å². The number of carbonyl (C=O) groups excluding carboxylic acids is 1. The predicted octanol–water partition coefficient (Wildman–Crippen LogP) is 0.985. The number of amides is 1. The van der Waals surface area contributed by atoms with Crippen LogP contribution in [0.4, 0.5) is 0 Å². The van der Waals surface area contributed by atoms with Gasteiger partial charge in [-0.05, 0) is 18.9 Å². The summed E-state index contributed by atoms with van der Waals surface area (Å²) in [5.74, 6) is 2.46. The Morgan fingerprint density at radius 1 is 1.27 bits per heavy atom. The number of benzene rings is 1. The van der Waals surface area contributed by atoms with Crippen LogP contribution in [-0.4, -0.2) is 61.0 Å². The lowest BCUT2D eigenvalue weighted by atomic mass is 10.1. The maximum absolute atomic E-state index is 11.9. The van der Waals surface area contributed by atoms with E-state index in [1.807, 2.05) is 6.92 Å². The summed E-state index contributed by atoms with van der Waals surface area (Å²) in [4.78, 5) is 16.6. The van der Waals surface area contributed by atoms with Gasteiger partial charge in [-0.2, -0.15) is 0 Å². The molecule has 1 unspecified atom stereocenters. The van der Waals surface area contributed by atoms with E-state index < -0.39 is 0 Å². The van der Waals surface area contributed by atoms with Gasteiger partial charge in [0.1, 0.15) is 0 Å². The first-order chi connectivity index (χ1) is 10.7. The highest BCUT2D eigenvalue weighted by Crippen LogP contribution is 2.08. The van der Waals surface area contributed by atoms with Crippen molar-refractivity contribution in [2.24, 2.45) is 0 Å². The molecule has 1 atom stereocenters. The lowest BCUT2D eigenvalue weighted by Gasteiger charge is -2.37. The second kappa shape index (κ2) is 8.57. The van der Waals surface area contributed by atoms with Crippen molar-refractivity contribution in [1.29, 1.82) is 0 Å². The monoisotopic (exact) mass is 299 g/mol. The molecule has 0 spiro atoms. The molecule has 0 radical (unpaired) electrons. The molecule has 118 valence electrons. The number of nitrogens with zero attached hydrogens (tertiary/aromatic N) is 2. The van der Waals surface area contributed by atoms with Gasteiger partial charge >= 0.3 is 0 Å². The molecule has 4 heteroatoms. The van der Waals surface area contributed by atoms with Crippen molar-refractivity contribution >= 4 is 5.91 Å². The van der Waals surface area contributed by atoms with E-state index in [1.165, 1.54) is 5.56 Å². The van der Waals surface area contributed by atoms with Crippen molar-refractivity contribution in [2.45, 2.75) is 19.4 Å². The van der Waals surface area contributed by atoms with Crippen molar-refractivity contribution in [3.05, 3.63) is 35.9 Å². The van der Waals surface area contributed by atoms with Crippen LogP contribution in [0.1, 0.15) is 12.5 Å². The van der Waals surface area contributed by atoms with Crippen LogP contribution in [0.3, 0.4) is 0 Å². The fourth-order valence-corrected chi connectivity index (χ4v) is 2.76. The summed E-state index contributed by atoms with van der Waals surface area (Å²) in [7, 11) is 0. The highest BCUT2D eigenvalue weighted by atomic mass is 16.2. The normalized spacial score (nSPS) is 17.6. The summed E-state index contributed by atoms with van der Waals surface area (Å²) in [6.45, 7) is 7.22. The van der Waals surface area contributed by atoms with Gasteiger partial charge in [-0.3, -0.25) is 9.69 Å². The van der Waals surface area contributed by atoms with Crippen LogP contribution in [0.15, 0.2) is 30.3 Å². The topological polar surface area (TPSA) is 35.6 Å². The Kier molecular flexibility index (Phi) is 6.45. The molecule has 1 aliphatic rings. The summed E-state index contributed by atoms with van der Waals surface area (Å²) in [5.41, 5.74) is 1.38. The van der Waals surface area contributed by atoms with Crippen molar-refractivity contribution in [3.8, 4) is 12.3 Å². The van der Waals surface area contributed by atoms with Crippen molar-refractivity contribution in [3.63, 3.8) is 0 Å². The number of nitrogens with one attached hydrogen (secondary N) is 1. The zero-order chi connectivity index (χ0) is 15.8. The molecule has 0 aromatic heterocycles. The average Bonchev–Trinajstić information content (AvgIpc) is 2.58. The molecule has 1 saturated heterocycles. The van der Waals surface area contributed by atoms with E-state index in [9.17, 15) is 4.79 Å². The standard InChI is InChI=1S/C18H25N3O/c1-3-10-19-18(22)16(2)21-14-12-20(13-15-21)11-9-17-7-5-4-6-8-17/h1,4-8,16H,9-15H2,2H3,(H,19,22). The molecular formula is C18H25N3O. The molecule has 1 aromatic carbocycles. The van der Waals surface area contributed by atoms with E-state index in [2.05, 4.69) is 51.4 Å². The minimum absolute atomic E-state index is 0.0238. The molecule has 1 N–H and O–H groups in total. The Bertz CT molecular complexity index is 501. The van der Waals surface area contributed by atoms with E-state index in [0.717, 1.165) is 39.1 Å². The Labute approximate surface area is 133 Å². The van der Waals surface area contributed by atoms with E-state index in [0.29, 0.717) is 6.54 Å². The summed E-state index contributed by atoms with van der Waals surface area (Å²) >= 11 is 0. The Morgan fingerprint density at radius 2 is 1.95 bits per heavy atom. The van der Waals surface area contributed by atoms with Gasteiger partial charge in [-0.15, -0.1) is 6.42 Å².